The number of hydrogen-bond acceptors (Lipinski definition) is 2. The van der Waals surface area contributed by atoms with Gasteiger partial charge in [0.2, 0.25) is 0 Å². The predicted molar refractivity (Wildman–Crippen MR) is 261 cm³/mol. The van der Waals surface area contributed by atoms with Crippen molar-refractivity contribution >= 4 is 21.5 Å². The zero-order valence-electron chi connectivity index (χ0n) is 34.3. The second kappa shape index (κ2) is 13.9. The minimum atomic E-state index is -0.428. The van der Waals surface area contributed by atoms with E-state index in [1.54, 1.807) is 0 Å². The van der Waals surface area contributed by atoms with E-state index in [9.17, 15) is 0 Å². The Morgan fingerprint density at radius 1 is 0.286 bits per heavy atom. The summed E-state index contributed by atoms with van der Waals surface area (Å²) in [7, 11) is 0. The van der Waals surface area contributed by atoms with Gasteiger partial charge in [0.1, 0.15) is 0 Å². The molecule has 0 fully saturated rings. The lowest BCUT2D eigenvalue weighted by Gasteiger charge is -2.31. The average Bonchev–Trinajstić information content (AvgIpc) is 3.84. The summed E-state index contributed by atoms with van der Waals surface area (Å²) in [5.74, 6) is 0.708. The third-order valence-corrected chi connectivity index (χ3v) is 13.5. The molecule has 10 aromatic carbocycles. The third-order valence-electron chi connectivity index (χ3n) is 13.5. The molecule has 0 radical (unpaired) electrons. The van der Waals surface area contributed by atoms with Crippen LogP contribution in [0.4, 0.5) is 0 Å². The zero-order valence-corrected chi connectivity index (χ0v) is 34.3. The summed E-state index contributed by atoms with van der Waals surface area (Å²) >= 11 is 0. The number of aromatic nitrogens is 2. The van der Waals surface area contributed by atoms with E-state index in [0.29, 0.717) is 5.82 Å². The molecule has 0 saturated heterocycles. The SMILES string of the molecule is c1ccc(-c2cccc(-c3cc(-c4ccc(-c5ccc6c7c(ccc6c5)-c5c(ccc6ccccc56)C75c6ccccc6-c6ccccc65)cc4)nc(-c4ccccc4)n3)c2)cc1. The number of nitrogens with zero attached hydrogens (tertiary/aromatic N) is 2. The van der Waals surface area contributed by atoms with Gasteiger partial charge in [-0.25, -0.2) is 9.97 Å². The van der Waals surface area contributed by atoms with Crippen LogP contribution in [-0.2, 0) is 5.41 Å². The Labute approximate surface area is 366 Å². The molecule has 2 heteroatoms. The van der Waals surface area contributed by atoms with Crippen molar-refractivity contribution in [2.24, 2.45) is 0 Å². The van der Waals surface area contributed by atoms with Gasteiger partial charge in [-0.3, -0.25) is 0 Å². The summed E-state index contributed by atoms with van der Waals surface area (Å²) in [6.45, 7) is 0. The van der Waals surface area contributed by atoms with Gasteiger partial charge >= 0.3 is 0 Å². The maximum atomic E-state index is 5.15. The summed E-state index contributed by atoms with van der Waals surface area (Å²) in [6, 6.07) is 83.9. The van der Waals surface area contributed by atoms with E-state index in [2.05, 4.69) is 212 Å². The van der Waals surface area contributed by atoms with Gasteiger partial charge in [0.25, 0.3) is 0 Å². The monoisotopic (exact) mass is 798 g/mol. The molecule has 63 heavy (non-hydrogen) atoms. The van der Waals surface area contributed by atoms with Crippen LogP contribution >= 0.6 is 0 Å². The molecule has 13 rings (SSSR count). The fraction of sp³-hybridized carbons (Fsp3) is 0.0164. The fourth-order valence-electron chi connectivity index (χ4n) is 10.7. The van der Waals surface area contributed by atoms with Crippen LogP contribution in [0.1, 0.15) is 22.3 Å². The normalized spacial score (nSPS) is 12.9. The van der Waals surface area contributed by atoms with Crippen molar-refractivity contribution in [1.82, 2.24) is 9.97 Å². The first kappa shape index (κ1) is 35.5. The Kier molecular flexibility index (Phi) is 7.85. The van der Waals surface area contributed by atoms with Crippen molar-refractivity contribution in [2.75, 3.05) is 0 Å². The van der Waals surface area contributed by atoms with Crippen LogP contribution in [0.25, 0.3) is 100.0 Å². The van der Waals surface area contributed by atoms with Crippen LogP contribution in [-0.4, -0.2) is 9.97 Å². The largest absolute Gasteiger partial charge is 0.228 e. The average molecular weight is 799 g/mol. The topological polar surface area (TPSA) is 25.8 Å². The van der Waals surface area contributed by atoms with E-state index in [-0.39, 0.29) is 0 Å². The molecule has 0 unspecified atom stereocenters. The second-order valence-corrected chi connectivity index (χ2v) is 16.8. The number of benzene rings is 10. The van der Waals surface area contributed by atoms with Crippen LogP contribution in [0.5, 0.6) is 0 Å². The Bertz CT molecular complexity index is 3560. The van der Waals surface area contributed by atoms with Crippen LogP contribution in [0.2, 0.25) is 0 Å². The summed E-state index contributed by atoms with van der Waals surface area (Å²) in [6.07, 6.45) is 0. The van der Waals surface area contributed by atoms with E-state index in [0.717, 1.165) is 39.2 Å². The van der Waals surface area contributed by atoms with Gasteiger partial charge < -0.3 is 0 Å². The van der Waals surface area contributed by atoms with Gasteiger partial charge in [-0.1, -0.05) is 212 Å². The summed E-state index contributed by atoms with van der Waals surface area (Å²) in [4.78, 5) is 10.3. The van der Waals surface area contributed by atoms with Gasteiger partial charge in [-0.15, -0.1) is 0 Å². The lowest BCUT2D eigenvalue weighted by atomic mass is 9.69. The van der Waals surface area contributed by atoms with Crippen molar-refractivity contribution in [2.45, 2.75) is 5.41 Å². The molecule has 0 saturated carbocycles. The fourth-order valence-corrected chi connectivity index (χ4v) is 10.7. The van der Waals surface area contributed by atoms with Crippen LogP contribution < -0.4 is 0 Å². The van der Waals surface area contributed by atoms with Crippen molar-refractivity contribution in [1.29, 1.82) is 0 Å². The van der Waals surface area contributed by atoms with E-state index >= 15 is 0 Å². The molecule has 2 aliphatic carbocycles. The smallest absolute Gasteiger partial charge is 0.160 e. The lowest BCUT2D eigenvalue weighted by molar-refractivity contribution is 0.802. The molecule has 0 amide bonds. The zero-order chi connectivity index (χ0) is 41.5. The van der Waals surface area contributed by atoms with Gasteiger partial charge in [-0.05, 0) is 107 Å². The predicted octanol–water partition coefficient (Wildman–Crippen LogP) is 15.5. The molecule has 292 valence electrons. The highest BCUT2D eigenvalue weighted by Gasteiger charge is 2.52. The maximum Gasteiger partial charge on any atom is 0.160 e. The van der Waals surface area contributed by atoms with Crippen molar-refractivity contribution in [3.63, 3.8) is 0 Å². The van der Waals surface area contributed by atoms with E-state index in [1.807, 2.05) is 18.2 Å². The van der Waals surface area contributed by atoms with Gasteiger partial charge in [0.05, 0.1) is 16.8 Å². The van der Waals surface area contributed by atoms with E-state index in [1.165, 1.54) is 77.2 Å². The quantitative estimate of drug-likeness (QED) is 0.173. The van der Waals surface area contributed by atoms with Crippen molar-refractivity contribution in [3.05, 3.63) is 253 Å². The highest BCUT2D eigenvalue weighted by atomic mass is 14.9. The Balaban J connectivity index is 0.934. The first-order valence-corrected chi connectivity index (χ1v) is 21.7. The number of fused-ring (bicyclic) bond motifs is 14. The molecule has 0 atom stereocenters. The minimum absolute atomic E-state index is 0.428. The van der Waals surface area contributed by atoms with Gasteiger partial charge in [-0.2, -0.15) is 0 Å². The van der Waals surface area contributed by atoms with Gasteiger partial charge in [0, 0.05) is 16.7 Å². The maximum absolute atomic E-state index is 5.15. The van der Waals surface area contributed by atoms with Crippen LogP contribution in [0.15, 0.2) is 231 Å². The highest BCUT2D eigenvalue weighted by Crippen LogP contribution is 2.65. The molecular weight excluding hydrogens is 761 g/mol. The molecule has 1 aromatic heterocycles. The molecule has 0 N–H and O–H groups in total. The molecule has 0 aliphatic heterocycles. The Morgan fingerprint density at radius 2 is 0.841 bits per heavy atom. The van der Waals surface area contributed by atoms with E-state index in [4.69, 9.17) is 9.97 Å². The minimum Gasteiger partial charge on any atom is -0.228 e. The summed E-state index contributed by atoms with van der Waals surface area (Å²) < 4.78 is 0. The summed E-state index contributed by atoms with van der Waals surface area (Å²) in [5, 5.41) is 5.10. The molecule has 11 aromatic rings. The van der Waals surface area contributed by atoms with Crippen LogP contribution in [0.3, 0.4) is 0 Å². The van der Waals surface area contributed by atoms with Gasteiger partial charge in [0.15, 0.2) is 5.82 Å². The highest BCUT2D eigenvalue weighted by molar-refractivity contribution is 6.11. The Morgan fingerprint density at radius 3 is 1.60 bits per heavy atom. The van der Waals surface area contributed by atoms with Crippen molar-refractivity contribution < 1.29 is 0 Å². The van der Waals surface area contributed by atoms with Crippen LogP contribution in [0, 0.1) is 0 Å². The number of hydrogen-bond donors (Lipinski definition) is 0. The molecule has 2 aliphatic rings. The standard InChI is InChI=1S/C61H38N2/c1-3-14-39(15-4-1)44-19-13-20-47(37-44)57-38-56(62-60(63-57)43-17-5-2-6-18-43)42-28-26-40(27-29-42)45-30-33-49-46(36-45)31-34-52-58-48-21-8-7-16-41(48)32-35-55(58)61(59(49)52)53-24-11-9-22-50(53)51-23-10-12-25-54(51)61/h1-38H. The summed E-state index contributed by atoms with van der Waals surface area (Å²) in [5.41, 5.74) is 19.9. The second-order valence-electron chi connectivity index (χ2n) is 16.8. The lowest BCUT2D eigenvalue weighted by Crippen LogP contribution is -2.26. The third kappa shape index (κ3) is 5.38. The Hall–Kier alpha value is -8.20. The van der Waals surface area contributed by atoms with Crippen molar-refractivity contribution in [3.8, 4) is 78.4 Å². The molecular formula is C61H38N2. The molecule has 1 heterocycles. The molecule has 1 spiro atoms. The molecule has 0 bridgehead atoms. The first-order valence-electron chi connectivity index (χ1n) is 21.7. The molecule has 2 nitrogen and oxygen atoms in total. The van der Waals surface area contributed by atoms with E-state index < -0.39 is 5.41 Å². The number of rotatable bonds is 5. The first-order chi connectivity index (χ1) is 31.2.